The summed E-state index contributed by atoms with van der Waals surface area (Å²) < 4.78 is 5.52. The maximum absolute atomic E-state index is 12.2. The largest absolute Gasteiger partial charge is 0.482 e. The van der Waals surface area contributed by atoms with Crippen molar-refractivity contribution in [1.82, 2.24) is 5.43 Å². The van der Waals surface area contributed by atoms with Crippen LogP contribution < -0.4 is 20.8 Å². The molecular formula is C26H25ClN4O4. The second-order valence-electron chi connectivity index (χ2n) is 7.86. The van der Waals surface area contributed by atoms with E-state index in [-0.39, 0.29) is 17.5 Å². The Morgan fingerprint density at radius 3 is 2.29 bits per heavy atom. The third kappa shape index (κ3) is 7.68. The topological polar surface area (TPSA) is 109 Å². The van der Waals surface area contributed by atoms with E-state index in [1.54, 1.807) is 30.3 Å². The van der Waals surface area contributed by atoms with Gasteiger partial charge in [-0.05, 0) is 68.3 Å². The van der Waals surface area contributed by atoms with Gasteiger partial charge in [-0.15, -0.1) is 0 Å². The normalized spacial score (nSPS) is 10.6. The van der Waals surface area contributed by atoms with Crippen LogP contribution in [0.25, 0.3) is 0 Å². The minimum Gasteiger partial charge on any atom is -0.482 e. The molecule has 0 saturated carbocycles. The number of anilines is 2. The van der Waals surface area contributed by atoms with Crippen LogP contribution in [0.15, 0.2) is 65.8 Å². The van der Waals surface area contributed by atoms with E-state index in [4.69, 9.17) is 16.3 Å². The van der Waals surface area contributed by atoms with Gasteiger partial charge in [-0.2, -0.15) is 5.10 Å². The van der Waals surface area contributed by atoms with Crippen LogP contribution in [0.4, 0.5) is 11.4 Å². The van der Waals surface area contributed by atoms with Crippen molar-refractivity contribution in [2.24, 2.45) is 5.10 Å². The molecule has 3 N–H and O–H groups in total. The van der Waals surface area contributed by atoms with Crippen LogP contribution >= 0.6 is 11.6 Å². The molecule has 0 aliphatic heterocycles. The van der Waals surface area contributed by atoms with Crippen molar-refractivity contribution in [1.29, 1.82) is 0 Å². The van der Waals surface area contributed by atoms with Crippen molar-refractivity contribution in [3.63, 3.8) is 0 Å². The number of hydrogen-bond donors (Lipinski definition) is 3. The SMILES string of the molecule is Cc1ccc(NC(=O)C(=O)N/N=C\c2ccc(OCC(=O)Nc3ccc(C)cc3C)c(Cl)c2)cc1. The summed E-state index contributed by atoms with van der Waals surface area (Å²) in [4.78, 5) is 36.1. The fourth-order valence-corrected chi connectivity index (χ4v) is 3.28. The summed E-state index contributed by atoms with van der Waals surface area (Å²) in [6.45, 7) is 5.60. The second kappa shape index (κ2) is 11.8. The molecule has 0 aliphatic rings. The van der Waals surface area contributed by atoms with Crippen molar-refractivity contribution in [3.8, 4) is 5.75 Å². The molecule has 3 aromatic carbocycles. The van der Waals surface area contributed by atoms with Crippen molar-refractivity contribution in [3.05, 3.63) is 87.9 Å². The summed E-state index contributed by atoms with van der Waals surface area (Å²) in [5.74, 6) is -1.75. The van der Waals surface area contributed by atoms with Gasteiger partial charge in [-0.3, -0.25) is 14.4 Å². The van der Waals surface area contributed by atoms with Crippen LogP contribution in [0, 0.1) is 20.8 Å². The molecule has 8 nitrogen and oxygen atoms in total. The number of hydrogen-bond acceptors (Lipinski definition) is 5. The van der Waals surface area contributed by atoms with Gasteiger partial charge in [-0.1, -0.05) is 47.0 Å². The zero-order valence-corrected chi connectivity index (χ0v) is 20.3. The lowest BCUT2D eigenvalue weighted by molar-refractivity contribution is -0.136. The number of aryl methyl sites for hydroxylation is 3. The summed E-state index contributed by atoms with van der Waals surface area (Å²) in [5.41, 5.74) is 7.04. The summed E-state index contributed by atoms with van der Waals surface area (Å²) in [6, 6.07) is 17.6. The Morgan fingerprint density at radius 1 is 0.886 bits per heavy atom. The average Bonchev–Trinajstić information content (AvgIpc) is 2.81. The lowest BCUT2D eigenvalue weighted by Gasteiger charge is -2.11. The van der Waals surface area contributed by atoms with Gasteiger partial charge < -0.3 is 15.4 Å². The molecule has 0 bridgehead atoms. The van der Waals surface area contributed by atoms with Crippen LogP contribution in [0.5, 0.6) is 5.75 Å². The minimum absolute atomic E-state index is 0.216. The summed E-state index contributed by atoms with van der Waals surface area (Å²) >= 11 is 6.24. The quantitative estimate of drug-likeness (QED) is 0.258. The molecule has 9 heteroatoms. The van der Waals surface area contributed by atoms with Crippen LogP contribution in [-0.2, 0) is 14.4 Å². The van der Waals surface area contributed by atoms with Crippen LogP contribution in [0.2, 0.25) is 5.02 Å². The molecule has 0 unspecified atom stereocenters. The van der Waals surface area contributed by atoms with Crippen LogP contribution in [-0.4, -0.2) is 30.5 Å². The third-order valence-corrected chi connectivity index (χ3v) is 5.16. The summed E-state index contributed by atoms with van der Waals surface area (Å²) in [5, 5.41) is 9.32. The molecule has 0 radical (unpaired) electrons. The van der Waals surface area contributed by atoms with E-state index in [2.05, 4.69) is 21.2 Å². The van der Waals surface area contributed by atoms with E-state index in [0.717, 1.165) is 22.4 Å². The van der Waals surface area contributed by atoms with Crippen molar-refractivity contribution < 1.29 is 19.1 Å². The summed E-state index contributed by atoms with van der Waals surface area (Å²) in [6.07, 6.45) is 1.33. The number of rotatable bonds is 7. The number of hydrazone groups is 1. The molecule has 3 amide bonds. The van der Waals surface area contributed by atoms with Gasteiger partial charge in [0, 0.05) is 11.4 Å². The van der Waals surface area contributed by atoms with Gasteiger partial charge in [-0.25, -0.2) is 5.43 Å². The lowest BCUT2D eigenvalue weighted by Crippen LogP contribution is -2.32. The highest BCUT2D eigenvalue weighted by molar-refractivity contribution is 6.39. The molecule has 35 heavy (non-hydrogen) atoms. The average molecular weight is 493 g/mol. The minimum atomic E-state index is -0.914. The highest BCUT2D eigenvalue weighted by Crippen LogP contribution is 2.25. The first-order valence-corrected chi connectivity index (χ1v) is 11.1. The number of ether oxygens (including phenoxy) is 1. The number of halogens is 1. The number of nitrogens with one attached hydrogen (secondary N) is 3. The van der Waals surface area contributed by atoms with E-state index >= 15 is 0 Å². The Balaban J connectivity index is 1.49. The second-order valence-corrected chi connectivity index (χ2v) is 8.27. The highest BCUT2D eigenvalue weighted by atomic mass is 35.5. The van der Waals surface area contributed by atoms with Gasteiger partial charge >= 0.3 is 11.8 Å². The molecule has 0 atom stereocenters. The lowest BCUT2D eigenvalue weighted by atomic mass is 10.1. The first-order valence-electron chi connectivity index (χ1n) is 10.7. The number of carbonyl (C=O) groups is 3. The summed E-state index contributed by atoms with van der Waals surface area (Å²) in [7, 11) is 0. The van der Waals surface area contributed by atoms with Gasteiger partial charge in [0.1, 0.15) is 5.75 Å². The first kappa shape index (κ1) is 25.5. The third-order valence-electron chi connectivity index (χ3n) is 4.87. The molecule has 3 rings (SSSR count). The molecule has 0 aliphatic carbocycles. The zero-order chi connectivity index (χ0) is 25.4. The van der Waals surface area contributed by atoms with Crippen LogP contribution in [0.1, 0.15) is 22.3 Å². The van der Waals surface area contributed by atoms with E-state index in [0.29, 0.717) is 17.0 Å². The van der Waals surface area contributed by atoms with Crippen molar-refractivity contribution in [2.45, 2.75) is 20.8 Å². The Bertz CT molecular complexity index is 1270. The maximum Gasteiger partial charge on any atom is 0.329 e. The highest BCUT2D eigenvalue weighted by Gasteiger charge is 2.13. The molecule has 180 valence electrons. The van der Waals surface area contributed by atoms with E-state index in [1.807, 2.05) is 51.1 Å². The molecule has 3 aromatic rings. The van der Waals surface area contributed by atoms with Crippen molar-refractivity contribution in [2.75, 3.05) is 17.2 Å². The number of carbonyl (C=O) groups excluding carboxylic acids is 3. The number of nitrogens with zero attached hydrogens (tertiary/aromatic N) is 1. The van der Waals surface area contributed by atoms with Gasteiger partial charge in [0.05, 0.1) is 11.2 Å². The predicted molar refractivity (Wildman–Crippen MR) is 137 cm³/mol. The van der Waals surface area contributed by atoms with Gasteiger partial charge in [0.25, 0.3) is 5.91 Å². The Morgan fingerprint density at radius 2 is 1.60 bits per heavy atom. The van der Waals surface area contributed by atoms with Gasteiger partial charge in [0.2, 0.25) is 0 Å². The van der Waals surface area contributed by atoms with E-state index in [1.165, 1.54) is 6.21 Å². The van der Waals surface area contributed by atoms with E-state index < -0.39 is 11.8 Å². The standard InChI is InChI=1S/C26H25ClN4O4/c1-16-4-8-20(9-5-16)29-25(33)26(34)31-28-14-19-7-11-23(21(27)13-19)35-15-24(32)30-22-10-6-17(2)12-18(22)3/h4-14H,15H2,1-3H3,(H,29,33)(H,30,32)(H,31,34)/b28-14-. The first-order chi connectivity index (χ1) is 16.7. The maximum atomic E-state index is 12.2. The smallest absolute Gasteiger partial charge is 0.329 e. The Kier molecular flexibility index (Phi) is 8.58. The zero-order valence-electron chi connectivity index (χ0n) is 19.5. The molecule has 0 heterocycles. The van der Waals surface area contributed by atoms with E-state index in [9.17, 15) is 14.4 Å². The monoisotopic (exact) mass is 492 g/mol. The van der Waals surface area contributed by atoms with Crippen LogP contribution in [0.3, 0.4) is 0 Å². The Hall–Kier alpha value is -4.17. The van der Waals surface area contributed by atoms with Gasteiger partial charge in [0.15, 0.2) is 6.61 Å². The molecular weight excluding hydrogens is 468 g/mol. The molecule has 0 aromatic heterocycles. The number of benzene rings is 3. The fraction of sp³-hybridized carbons (Fsp3) is 0.154. The predicted octanol–water partition coefficient (Wildman–Crippen LogP) is 4.37. The fourth-order valence-electron chi connectivity index (χ4n) is 3.04. The molecule has 0 spiro atoms. The Labute approximate surface area is 208 Å². The molecule has 0 fully saturated rings. The molecule has 0 saturated heterocycles. The van der Waals surface area contributed by atoms with Crippen molar-refractivity contribution >= 4 is 46.9 Å². The number of amides is 3.